The van der Waals surface area contributed by atoms with Crippen molar-refractivity contribution in [3.63, 3.8) is 0 Å². The van der Waals surface area contributed by atoms with Gasteiger partial charge in [-0.15, -0.1) is 11.3 Å². The van der Waals surface area contributed by atoms with Crippen molar-refractivity contribution in [1.82, 2.24) is 9.55 Å². The first-order valence-corrected chi connectivity index (χ1v) is 11.8. The molecule has 0 atom stereocenters. The number of benzene rings is 1. The second-order valence-corrected chi connectivity index (χ2v) is 9.16. The van der Waals surface area contributed by atoms with Crippen molar-refractivity contribution in [3.8, 4) is 10.4 Å². The smallest absolute Gasteiger partial charge is 0.263 e. The summed E-state index contributed by atoms with van der Waals surface area (Å²) in [7, 11) is 0. The van der Waals surface area contributed by atoms with Crippen LogP contribution in [0.1, 0.15) is 50.7 Å². The lowest BCUT2D eigenvalue weighted by Crippen LogP contribution is -2.23. The van der Waals surface area contributed by atoms with E-state index in [1.165, 1.54) is 47.3 Å². The van der Waals surface area contributed by atoms with Crippen LogP contribution < -0.4 is 5.56 Å². The van der Waals surface area contributed by atoms with E-state index in [0.717, 1.165) is 34.0 Å². The summed E-state index contributed by atoms with van der Waals surface area (Å²) in [5, 5.41) is 1.75. The maximum Gasteiger partial charge on any atom is 0.263 e. The van der Waals surface area contributed by atoms with Gasteiger partial charge in [-0.2, -0.15) is 0 Å². The molecule has 0 fully saturated rings. The molecule has 2 heterocycles. The molecular weight excluding hydrogens is 372 g/mol. The Hall–Kier alpha value is -1.59. The molecule has 1 aliphatic rings. The third-order valence-electron chi connectivity index (χ3n) is 5.33. The third kappa shape index (κ3) is 3.47. The molecule has 0 radical (unpaired) electrons. The number of hydrogen-bond donors (Lipinski definition) is 0. The zero-order valence-electron chi connectivity index (χ0n) is 16.1. The Balaban J connectivity index is 1.75. The van der Waals surface area contributed by atoms with Gasteiger partial charge in [0.2, 0.25) is 0 Å². The lowest BCUT2D eigenvalue weighted by Gasteiger charge is -2.16. The second kappa shape index (κ2) is 8.19. The Labute approximate surface area is 168 Å². The predicted octanol–water partition coefficient (Wildman–Crippen LogP) is 5.92. The fourth-order valence-electron chi connectivity index (χ4n) is 3.88. The highest BCUT2D eigenvalue weighted by molar-refractivity contribution is 7.99. The highest BCUT2D eigenvalue weighted by atomic mass is 32.2. The molecule has 0 saturated heterocycles. The summed E-state index contributed by atoms with van der Waals surface area (Å²) in [4.78, 5) is 20.4. The van der Waals surface area contributed by atoms with Gasteiger partial charge in [0.1, 0.15) is 4.83 Å². The molecule has 0 spiro atoms. The number of rotatable bonds is 7. The Morgan fingerprint density at radius 3 is 2.81 bits per heavy atom. The summed E-state index contributed by atoms with van der Waals surface area (Å²) in [5.74, 6) is 1.03. The molecule has 5 heteroatoms. The molecule has 0 aliphatic heterocycles. The minimum absolute atomic E-state index is 0.149. The van der Waals surface area contributed by atoms with E-state index in [1.807, 2.05) is 11.5 Å². The maximum atomic E-state index is 13.3. The van der Waals surface area contributed by atoms with Crippen molar-refractivity contribution in [1.29, 1.82) is 0 Å². The monoisotopic (exact) mass is 398 g/mol. The summed E-state index contributed by atoms with van der Waals surface area (Å²) in [5.41, 5.74) is 4.04. The lowest BCUT2D eigenvalue weighted by molar-refractivity contribution is 0.633. The Kier molecular flexibility index (Phi) is 5.69. The van der Waals surface area contributed by atoms with Gasteiger partial charge >= 0.3 is 0 Å². The van der Waals surface area contributed by atoms with E-state index in [1.54, 1.807) is 23.1 Å². The van der Waals surface area contributed by atoms with E-state index in [4.69, 9.17) is 4.98 Å². The van der Waals surface area contributed by atoms with Crippen LogP contribution in [0.25, 0.3) is 20.7 Å². The van der Waals surface area contributed by atoms with Gasteiger partial charge in [-0.25, -0.2) is 4.98 Å². The van der Waals surface area contributed by atoms with Crippen molar-refractivity contribution in [2.45, 2.75) is 64.1 Å². The van der Waals surface area contributed by atoms with Crippen molar-refractivity contribution in [2.75, 3.05) is 5.75 Å². The first kappa shape index (κ1) is 18.8. The van der Waals surface area contributed by atoms with E-state index in [0.29, 0.717) is 6.54 Å². The number of thioether (sulfide) groups is 1. The third-order valence-corrected chi connectivity index (χ3v) is 7.55. The Morgan fingerprint density at radius 2 is 2.00 bits per heavy atom. The summed E-state index contributed by atoms with van der Waals surface area (Å²) in [6.07, 6.45) is 6.92. The van der Waals surface area contributed by atoms with Crippen LogP contribution in [-0.2, 0) is 19.4 Å². The van der Waals surface area contributed by atoms with Crippen molar-refractivity contribution < 1.29 is 0 Å². The van der Waals surface area contributed by atoms with Gasteiger partial charge in [0.25, 0.3) is 5.56 Å². The van der Waals surface area contributed by atoms with E-state index < -0.39 is 0 Å². The van der Waals surface area contributed by atoms with Crippen LogP contribution >= 0.6 is 23.1 Å². The minimum atomic E-state index is 0.149. The highest BCUT2D eigenvalue weighted by Gasteiger charge is 2.24. The Morgan fingerprint density at radius 1 is 1.15 bits per heavy atom. The quantitative estimate of drug-likeness (QED) is 0.282. The van der Waals surface area contributed by atoms with Crippen LogP contribution in [0.2, 0.25) is 0 Å². The normalized spacial score (nSPS) is 13.0. The molecule has 0 saturated carbocycles. The Bertz CT molecular complexity index is 1020. The van der Waals surface area contributed by atoms with Gasteiger partial charge in [0, 0.05) is 17.2 Å². The van der Waals surface area contributed by atoms with Crippen LogP contribution in [0.3, 0.4) is 0 Å². The highest BCUT2D eigenvalue weighted by Crippen LogP contribution is 2.42. The molecule has 1 aromatic carbocycles. The molecule has 4 rings (SSSR count). The molecule has 142 valence electrons. The predicted molar refractivity (Wildman–Crippen MR) is 117 cm³/mol. The summed E-state index contributed by atoms with van der Waals surface area (Å²) in [6, 6.07) is 8.59. The molecule has 0 N–H and O–H groups in total. The van der Waals surface area contributed by atoms with Crippen molar-refractivity contribution >= 4 is 33.3 Å². The van der Waals surface area contributed by atoms with Gasteiger partial charge in [0.15, 0.2) is 5.16 Å². The first-order chi connectivity index (χ1) is 13.2. The summed E-state index contributed by atoms with van der Waals surface area (Å²) in [6.45, 7) is 4.96. The number of aryl methyl sites for hydroxylation is 2. The zero-order chi connectivity index (χ0) is 18.8. The largest absolute Gasteiger partial charge is 0.287 e. The van der Waals surface area contributed by atoms with Gasteiger partial charge in [-0.05, 0) is 42.9 Å². The van der Waals surface area contributed by atoms with E-state index in [-0.39, 0.29) is 5.56 Å². The van der Waals surface area contributed by atoms with Gasteiger partial charge < -0.3 is 0 Å². The number of unbranched alkanes of at least 4 members (excludes halogenated alkanes) is 3. The number of thiophene rings is 1. The fourth-order valence-corrected chi connectivity index (χ4v) is 6.26. The molecule has 1 aliphatic carbocycles. The minimum Gasteiger partial charge on any atom is -0.287 e. The molecule has 0 unspecified atom stereocenters. The number of fused-ring (bicyclic) bond motifs is 5. The lowest BCUT2D eigenvalue weighted by atomic mass is 9.90. The molecule has 3 nitrogen and oxygen atoms in total. The molecule has 0 amide bonds. The summed E-state index contributed by atoms with van der Waals surface area (Å²) < 4.78 is 1.88. The molecular formula is C22H26N2OS2. The zero-order valence-corrected chi connectivity index (χ0v) is 17.7. The van der Waals surface area contributed by atoms with Crippen LogP contribution in [0.5, 0.6) is 0 Å². The first-order valence-electron chi connectivity index (χ1n) is 10.0. The maximum absolute atomic E-state index is 13.3. The second-order valence-electron chi connectivity index (χ2n) is 7.10. The van der Waals surface area contributed by atoms with Crippen molar-refractivity contribution in [3.05, 3.63) is 45.7 Å². The number of hydrogen-bond acceptors (Lipinski definition) is 4. The van der Waals surface area contributed by atoms with Crippen LogP contribution in [0.15, 0.2) is 34.2 Å². The average molecular weight is 399 g/mol. The van der Waals surface area contributed by atoms with Gasteiger partial charge in [-0.3, -0.25) is 9.36 Å². The standard InChI is InChI=1S/C22H26N2OS2/c1-3-5-6-9-14-26-22-23-20-18(21(25)24(22)4-2)17-13-12-15-10-7-8-11-16(15)19(17)27-20/h7-8,10-11H,3-6,9,12-14H2,1-2H3. The molecule has 3 aromatic rings. The van der Waals surface area contributed by atoms with E-state index >= 15 is 0 Å². The van der Waals surface area contributed by atoms with Crippen LogP contribution in [-0.4, -0.2) is 15.3 Å². The summed E-state index contributed by atoms with van der Waals surface area (Å²) >= 11 is 3.44. The molecule has 27 heavy (non-hydrogen) atoms. The SMILES string of the molecule is CCCCCCSc1nc2sc3c(c2c(=O)n1CC)CCc1ccccc1-3. The van der Waals surface area contributed by atoms with Gasteiger partial charge in [0.05, 0.1) is 5.39 Å². The number of nitrogens with zero attached hydrogens (tertiary/aromatic N) is 2. The molecule has 0 bridgehead atoms. The van der Waals surface area contributed by atoms with E-state index in [9.17, 15) is 4.79 Å². The van der Waals surface area contributed by atoms with E-state index in [2.05, 4.69) is 31.2 Å². The fraction of sp³-hybridized carbons (Fsp3) is 0.455. The molecule has 2 aromatic heterocycles. The average Bonchev–Trinajstić information content (AvgIpc) is 3.07. The van der Waals surface area contributed by atoms with Crippen molar-refractivity contribution in [2.24, 2.45) is 0 Å². The topological polar surface area (TPSA) is 34.9 Å². The van der Waals surface area contributed by atoms with Crippen LogP contribution in [0.4, 0.5) is 0 Å². The van der Waals surface area contributed by atoms with Crippen LogP contribution in [0, 0.1) is 0 Å². The van der Waals surface area contributed by atoms with Gasteiger partial charge in [-0.1, -0.05) is 62.2 Å². The number of aromatic nitrogens is 2.